The van der Waals surface area contributed by atoms with Crippen molar-refractivity contribution in [2.24, 2.45) is 0 Å². The van der Waals surface area contributed by atoms with E-state index in [0.29, 0.717) is 23.9 Å². The molecule has 1 aliphatic heterocycles. The number of methoxy groups -OCH3 is 1. The Balaban J connectivity index is 1.47. The molecule has 4 rings (SSSR count). The second kappa shape index (κ2) is 7.32. The first-order valence-electron chi connectivity index (χ1n) is 8.96. The maximum Gasteiger partial charge on any atom is 0.275 e. The maximum absolute atomic E-state index is 12.7. The molecule has 0 unspecified atom stereocenters. The molecule has 8 heteroatoms. The van der Waals surface area contributed by atoms with Crippen LogP contribution in [0.3, 0.4) is 0 Å². The topological polar surface area (TPSA) is 76.4 Å². The molecule has 0 bridgehead atoms. The van der Waals surface area contributed by atoms with Gasteiger partial charge in [0.25, 0.3) is 5.56 Å². The molecule has 0 radical (unpaired) electrons. The summed E-state index contributed by atoms with van der Waals surface area (Å²) < 4.78 is 6.74. The van der Waals surface area contributed by atoms with E-state index in [-0.39, 0.29) is 5.56 Å². The van der Waals surface area contributed by atoms with Gasteiger partial charge in [-0.15, -0.1) is 0 Å². The number of nitrogens with zero attached hydrogens (tertiary/aromatic N) is 6. The number of hydrogen-bond acceptors (Lipinski definition) is 7. The number of benzene rings is 1. The fraction of sp³-hybridized carbons (Fsp3) is 0.368. The van der Waals surface area contributed by atoms with Gasteiger partial charge in [0, 0.05) is 43.8 Å². The Kier molecular flexibility index (Phi) is 4.72. The molecular formula is C19H22N6O2. The molecule has 0 saturated carbocycles. The van der Waals surface area contributed by atoms with Crippen LogP contribution in [0.5, 0.6) is 5.88 Å². The number of hydrogen-bond donors (Lipinski definition) is 0. The largest absolute Gasteiger partial charge is 0.481 e. The van der Waals surface area contributed by atoms with E-state index in [2.05, 4.69) is 24.9 Å². The molecule has 0 aliphatic carbocycles. The number of aromatic nitrogens is 4. The zero-order valence-electron chi connectivity index (χ0n) is 15.5. The third-order valence-electron chi connectivity index (χ3n) is 4.87. The molecule has 1 saturated heterocycles. The van der Waals surface area contributed by atoms with Crippen LogP contribution >= 0.6 is 0 Å². The zero-order valence-corrected chi connectivity index (χ0v) is 15.5. The summed E-state index contributed by atoms with van der Waals surface area (Å²) in [6, 6.07) is 9.36. The molecule has 140 valence electrons. The molecule has 3 heterocycles. The van der Waals surface area contributed by atoms with Crippen molar-refractivity contribution >= 4 is 16.7 Å². The number of piperazine rings is 1. The van der Waals surface area contributed by atoms with Crippen molar-refractivity contribution < 1.29 is 4.74 Å². The normalized spacial score (nSPS) is 15.3. The van der Waals surface area contributed by atoms with Crippen LogP contribution in [0.4, 0.5) is 5.95 Å². The Labute approximate surface area is 157 Å². The van der Waals surface area contributed by atoms with E-state index >= 15 is 0 Å². The van der Waals surface area contributed by atoms with Crippen molar-refractivity contribution in [2.45, 2.75) is 13.6 Å². The maximum atomic E-state index is 12.7. The lowest BCUT2D eigenvalue weighted by Gasteiger charge is -2.34. The summed E-state index contributed by atoms with van der Waals surface area (Å²) in [5.41, 5.74) is 0.823. The summed E-state index contributed by atoms with van der Waals surface area (Å²) in [6.07, 6.45) is 1.70. The predicted octanol–water partition coefficient (Wildman–Crippen LogP) is 1.28. The number of rotatable bonds is 4. The third kappa shape index (κ3) is 3.48. The van der Waals surface area contributed by atoms with Crippen molar-refractivity contribution in [2.75, 3.05) is 38.2 Å². The fourth-order valence-corrected chi connectivity index (χ4v) is 3.38. The molecule has 2 aromatic heterocycles. The first kappa shape index (κ1) is 17.4. The first-order valence-corrected chi connectivity index (χ1v) is 8.96. The van der Waals surface area contributed by atoms with E-state index in [0.717, 1.165) is 37.3 Å². The Bertz CT molecular complexity index is 1010. The van der Waals surface area contributed by atoms with Crippen molar-refractivity contribution in [3.8, 4) is 5.88 Å². The highest BCUT2D eigenvalue weighted by molar-refractivity contribution is 5.83. The van der Waals surface area contributed by atoms with Crippen LogP contribution in [0, 0.1) is 6.92 Å². The van der Waals surface area contributed by atoms with Gasteiger partial charge in [-0.25, -0.2) is 9.67 Å². The summed E-state index contributed by atoms with van der Waals surface area (Å²) in [5, 5.41) is 6.13. The highest BCUT2D eigenvalue weighted by Crippen LogP contribution is 2.15. The van der Waals surface area contributed by atoms with Crippen LogP contribution in [0.25, 0.3) is 10.8 Å². The summed E-state index contributed by atoms with van der Waals surface area (Å²) in [6.45, 7) is 5.61. The number of ether oxygens (including phenoxy) is 1. The van der Waals surface area contributed by atoms with E-state index in [1.165, 1.54) is 0 Å². The average molecular weight is 366 g/mol. The fourth-order valence-electron chi connectivity index (χ4n) is 3.38. The number of aryl methyl sites for hydroxylation is 1. The van der Waals surface area contributed by atoms with Gasteiger partial charge < -0.3 is 9.64 Å². The van der Waals surface area contributed by atoms with Crippen LogP contribution in [0.1, 0.15) is 5.69 Å². The lowest BCUT2D eigenvalue weighted by atomic mass is 10.1. The molecule has 0 spiro atoms. The highest BCUT2D eigenvalue weighted by atomic mass is 16.5. The van der Waals surface area contributed by atoms with E-state index in [1.54, 1.807) is 24.1 Å². The molecule has 3 aromatic rings. The summed E-state index contributed by atoms with van der Waals surface area (Å²) in [4.78, 5) is 25.8. The molecular weight excluding hydrogens is 344 g/mol. The Morgan fingerprint density at radius 1 is 1.07 bits per heavy atom. The van der Waals surface area contributed by atoms with Gasteiger partial charge in [0.2, 0.25) is 11.8 Å². The number of fused-ring (bicyclic) bond motifs is 1. The smallest absolute Gasteiger partial charge is 0.275 e. The van der Waals surface area contributed by atoms with Crippen LogP contribution in [0.15, 0.2) is 41.3 Å². The second-order valence-corrected chi connectivity index (χ2v) is 6.58. The molecule has 0 N–H and O–H groups in total. The lowest BCUT2D eigenvalue weighted by molar-refractivity contribution is 0.191. The summed E-state index contributed by atoms with van der Waals surface area (Å²) in [7, 11) is 1.60. The van der Waals surface area contributed by atoms with Crippen LogP contribution in [0.2, 0.25) is 0 Å². The van der Waals surface area contributed by atoms with Gasteiger partial charge in [0.15, 0.2) is 0 Å². The second-order valence-electron chi connectivity index (χ2n) is 6.58. The van der Waals surface area contributed by atoms with E-state index in [1.807, 2.05) is 31.2 Å². The monoisotopic (exact) mass is 366 g/mol. The van der Waals surface area contributed by atoms with Gasteiger partial charge in [-0.05, 0) is 13.0 Å². The molecule has 0 amide bonds. The lowest BCUT2D eigenvalue weighted by Crippen LogP contribution is -2.48. The van der Waals surface area contributed by atoms with E-state index in [4.69, 9.17) is 4.74 Å². The Morgan fingerprint density at radius 2 is 1.81 bits per heavy atom. The third-order valence-corrected chi connectivity index (χ3v) is 4.87. The molecule has 27 heavy (non-hydrogen) atoms. The molecule has 0 atom stereocenters. The highest BCUT2D eigenvalue weighted by Gasteiger charge is 2.20. The molecule has 1 aliphatic rings. The quantitative estimate of drug-likeness (QED) is 0.688. The first-order chi connectivity index (χ1) is 13.2. The standard InChI is InChI=1S/C19H22N6O2/c1-14-15-5-3-4-6-16(15)18(26)25(22-14)13-23-9-11-24(12-10-23)19-20-8-7-17(21-19)27-2/h3-8H,9-13H2,1-2H3. The minimum absolute atomic E-state index is 0.0465. The zero-order chi connectivity index (χ0) is 18.8. The van der Waals surface area contributed by atoms with Crippen molar-refractivity contribution in [1.82, 2.24) is 24.6 Å². The summed E-state index contributed by atoms with van der Waals surface area (Å²) >= 11 is 0. The van der Waals surface area contributed by atoms with Crippen LogP contribution in [-0.2, 0) is 6.67 Å². The van der Waals surface area contributed by atoms with Gasteiger partial charge in [0.1, 0.15) is 0 Å². The van der Waals surface area contributed by atoms with Gasteiger partial charge in [-0.1, -0.05) is 18.2 Å². The van der Waals surface area contributed by atoms with Crippen molar-refractivity contribution in [3.05, 3.63) is 52.6 Å². The molecule has 1 aromatic carbocycles. The SMILES string of the molecule is COc1ccnc(N2CCN(Cn3nc(C)c4ccccc4c3=O)CC2)n1. The van der Waals surface area contributed by atoms with E-state index < -0.39 is 0 Å². The van der Waals surface area contributed by atoms with Crippen molar-refractivity contribution in [1.29, 1.82) is 0 Å². The van der Waals surface area contributed by atoms with Crippen molar-refractivity contribution in [3.63, 3.8) is 0 Å². The van der Waals surface area contributed by atoms with E-state index in [9.17, 15) is 4.79 Å². The van der Waals surface area contributed by atoms with Gasteiger partial charge >= 0.3 is 0 Å². The van der Waals surface area contributed by atoms with Crippen LogP contribution < -0.4 is 15.2 Å². The minimum Gasteiger partial charge on any atom is -0.481 e. The van der Waals surface area contributed by atoms with Gasteiger partial charge in [-0.3, -0.25) is 9.69 Å². The molecule has 8 nitrogen and oxygen atoms in total. The van der Waals surface area contributed by atoms with Gasteiger partial charge in [0.05, 0.1) is 24.9 Å². The molecule has 1 fully saturated rings. The predicted molar refractivity (Wildman–Crippen MR) is 103 cm³/mol. The van der Waals surface area contributed by atoms with Crippen LogP contribution in [-0.4, -0.2) is 57.9 Å². The van der Waals surface area contributed by atoms with Gasteiger partial charge in [-0.2, -0.15) is 10.1 Å². The Morgan fingerprint density at radius 3 is 2.56 bits per heavy atom. The summed E-state index contributed by atoms with van der Waals surface area (Å²) in [5.74, 6) is 1.23. The number of anilines is 1. The Hall–Kier alpha value is -3.00. The minimum atomic E-state index is -0.0465. The average Bonchev–Trinajstić information content (AvgIpc) is 2.72.